The number of pyridine rings is 1. The molecule has 1 N–H and O–H groups in total. The molecular formula is C25H22N4O3. The monoisotopic (exact) mass is 426 g/mol. The highest BCUT2D eigenvalue weighted by molar-refractivity contribution is 5.78. The third-order valence-electron chi connectivity index (χ3n) is 5.69. The minimum atomic E-state index is -0.392. The Morgan fingerprint density at radius 2 is 1.81 bits per heavy atom. The van der Waals surface area contributed by atoms with E-state index in [1.165, 1.54) is 6.07 Å². The Bertz CT molecular complexity index is 1310. The summed E-state index contributed by atoms with van der Waals surface area (Å²) in [6.07, 6.45) is 4.99. The lowest BCUT2D eigenvalue weighted by molar-refractivity contribution is -0.384. The maximum Gasteiger partial charge on any atom is 0.270 e. The number of carbonyl (C=O) groups is 1. The number of aryl methyl sites for hydroxylation is 1. The van der Waals surface area contributed by atoms with Crippen molar-refractivity contribution in [3.63, 3.8) is 0 Å². The highest BCUT2D eigenvalue weighted by atomic mass is 16.6. The van der Waals surface area contributed by atoms with Gasteiger partial charge in [-0.15, -0.1) is 0 Å². The Balaban J connectivity index is 1.56. The second kappa shape index (κ2) is 8.26. The van der Waals surface area contributed by atoms with Crippen molar-refractivity contribution in [3.05, 3.63) is 88.7 Å². The van der Waals surface area contributed by atoms with Crippen LogP contribution in [0.1, 0.15) is 25.0 Å². The molecule has 1 saturated carbocycles. The van der Waals surface area contributed by atoms with Crippen molar-refractivity contribution in [2.75, 3.05) is 0 Å². The van der Waals surface area contributed by atoms with E-state index in [9.17, 15) is 14.9 Å². The summed E-state index contributed by atoms with van der Waals surface area (Å²) in [7, 11) is 0. The summed E-state index contributed by atoms with van der Waals surface area (Å²) in [6, 6.07) is 20.7. The smallest absolute Gasteiger partial charge is 0.270 e. The number of nitro groups is 1. The number of aromatic nitrogens is 2. The summed E-state index contributed by atoms with van der Waals surface area (Å²) in [6.45, 7) is 0. The van der Waals surface area contributed by atoms with Gasteiger partial charge in [-0.2, -0.15) is 0 Å². The average molecular weight is 426 g/mol. The van der Waals surface area contributed by atoms with E-state index >= 15 is 0 Å². The van der Waals surface area contributed by atoms with E-state index in [4.69, 9.17) is 4.98 Å². The number of imidazole rings is 1. The van der Waals surface area contributed by atoms with Crippen LogP contribution in [-0.4, -0.2) is 26.3 Å². The molecule has 0 radical (unpaired) electrons. The van der Waals surface area contributed by atoms with Crippen LogP contribution in [0.25, 0.3) is 28.0 Å². The molecule has 0 aliphatic heterocycles. The zero-order chi connectivity index (χ0) is 22.1. The van der Waals surface area contributed by atoms with Gasteiger partial charge in [-0.05, 0) is 42.5 Å². The maximum atomic E-state index is 12.4. The van der Waals surface area contributed by atoms with Crippen molar-refractivity contribution in [2.24, 2.45) is 0 Å². The first-order valence-corrected chi connectivity index (χ1v) is 10.7. The van der Waals surface area contributed by atoms with Crippen molar-refractivity contribution in [2.45, 2.75) is 31.7 Å². The summed E-state index contributed by atoms with van der Waals surface area (Å²) in [4.78, 5) is 28.0. The third-order valence-corrected chi connectivity index (χ3v) is 5.69. The quantitative estimate of drug-likeness (QED) is 0.340. The molecule has 1 aliphatic carbocycles. The predicted octanol–water partition coefficient (Wildman–Crippen LogP) is 4.79. The van der Waals surface area contributed by atoms with Crippen LogP contribution in [0.2, 0.25) is 0 Å². The van der Waals surface area contributed by atoms with E-state index in [1.807, 2.05) is 59.1 Å². The fraction of sp³-hybridized carbons (Fsp3) is 0.200. The lowest BCUT2D eigenvalue weighted by Crippen LogP contribution is -2.25. The number of non-ortho nitro benzene ring substituents is 1. The first kappa shape index (κ1) is 19.9. The molecule has 32 heavy (non-hydrogen) atoms. The second-order valence-corrected chi connectivity index (χ2v) is 8.07. The van der Waals surface area contributed by atoms with Gasteiger partial charge in [-0.1, -0.05) is 42.5 Å². The average Bonchev–Trinajstić information content (AvgIpc) is 3.55. The van der Waals surface area contributed by atoms with Crippen LogP contribution in [0, 0.1) is 10.1 Å². The van der Waals surface area contributed by atoms with Gasteiger partial charge in [0.2, 0.25) is 5.91 Å². The number of carbonyl (C=O) groups excluding carboxylic acids is 1. The van der Waals surface area contributed by atoms with Gasteiger partial charge >= 0.3 is 0 Å². The number of rotatable bonds is 7. The van der Waals surface area contributed by atoms with Crippen molar-refractivity contribution in [3.8, 4) is 22.4 Å². The van der Waals surface area contributed by atoms with Crippen LogP contribution >= 0.6 is 0 Å². The van der Waals surface area contributed by atoms with Gasteiger partial charge < -0.3 is 9.72 Å². The molecule has 1 aliphatic rings. The first-order chi connectivity index (χ1) is 15.6. The Labute approximate surface area is 184 Å². The number of fused-ring (bicyclic) bond motifs is 1. The van der Waals surface area contributed by atoms with Crippen LogP contribution in [0.3, 0.4) is 0 Å². The fourth-order valence-corrected chi connectivity index (χ4v) is 3.89. The lowest BCUT2D eigenvalue weighted by atomic mass is 10.1. The van der Waals surface area contributed by atoms with E-state index in [0.29, 0.717) is 18.9 Å². The summed E-state index contributed by atoms with van der Waals surface area (Å²) in [5, 5.41) is 14.2. The normalized spacial score (nSPS) is 13.2. The van der Waals surface area contributed by atoms with Crippen molar-refractivity contribution in [1.29, 1.82) is 0 Å². The molecule has 7 nitrogen and oxygen atoms in total. The van der Waals surface area contributed by atoms with Crippen LogP contribution in [0.4, 0.5) is 5.69 Å². The van der Waals surface area contributed by atoms with Crippen LogP contribution in [0.15, 0.2) is 72.9 Å². The Kier molecular flexibility index (Phi) is 5.15. The molecule has 2 heterocycles. The van der Waals surface area contributed by atoms with Crippen molar-refractivity contribution < 1.29 is 9.72 Å². The van der Waals surface area contributed by atoms with Crippen molar-refractivity contribution in [1.82, 2.24) is 14.7 Å². The molecule has 0 spiro atoms. The van der Waals surface area contributed by atoms with Gasteiger partial charge in [0.25, 0.3) is 5.69 Å². The second-order valence-electron chi connectivity index (χ2n) is 8.07. The predicted molar refractivity (Wildman–Crippen MR) is 122 cm³/mol. The number of hydrogen-bond donors (Lipinski definition) is 1. The van der Waals surface area contributed by atoms with E-state index < -0.39 is 4.92 Å². The Morgan fingerprint density at radius 3 is 2.56 bits per heavy atom. The molecule has 0 atom stereocenters. The van der Waals surface area contributed by atoms with E-state index in [-0.39, 0.29) is 11.6 Å². The van der Waals surface area contributed by atoms with Gasteiger partial charge in [0, 0.05) is 36.4 Å². The molecule has 2 aromatic carbocycles. The van der Waals surface area contributed by atoms with Crippen LogP contribution in [0.5, 0.6) is 0 Å². The molecule has 0 unspecified atom stereocenters. The Hall–Kier alpha value is -4.00. The summed E-state index contributed by atoms with van der Waals surface area (Å²) in [5.41, 5.74) is 5.22. The summed E-state index contributed by atoms with van der Waals surface area (Å²) >= 11 is 0. The first-order valence-electron chi connectivity index (χ1n) is 10.7. The highest BCUT2D eigenvalue weighted by Gasteiger charge is 2.23. The van der Waals surface area contributed by atoms with Gasteiger partial charge in [0.1, 0.15) is 5.65 Å². The van der Waals surface area contributed by atoms with Crippen molar-refractivity contribution >= 4 is 17.2 Å². The molecule has 1 amide bonds. The van der Waals surface area contributed by atoms with Gasteiger partial charge in [-0.25, -0.2) is 4.98 Å². The molecule has 2 aromatic heterocycles. The van der Waals surface area contributed by atoms with Gasteiger partial charge in [0.05, 0.1) is 16.3 Å². The topological polar surface area (TPSA) is 89.5 Å². The molecule has 4 aromatic rings. The molecular weight excluding hydrogens is 404 g/mol. The number of amides is 1. The zero-order valence-corrected chi connectivity index (χ0v) is 17.4. The Morgan fingerprint density at radius 1 is 1.03 bits per heavy atom. The van der Waals surface area contributed by atoms with Gasteiger partial charge in [-0.3, -0.25) is 14.9 Å². The minimum Gasteiger partial charge on any atom is -0.353 e. The third kappa shape index (κ3) is 4.09. The van der Waals surface area contributed by atoms with E-state index in [1.54, 1.807) is 12.1 Å². The maximum absolute atomic E-state index is 12.4. The molecule has 1 fully saturated rings. The number of nitrogens with one attached hydrogen (secondary N) is 1. The number of nitrogens with zero attached hydrogens (tertiary/aromatic N) is 3. The van der Waals surface area contributed by atoms with E-state index in [0.717, 1.165) is 46.6 Å². The zero-order valence-electron chi connectivity index (χ0n) is 17.4. The number of nitro benzene ring substituents is 1. The van der Waals surface area contributed by atoms with E-state index in [2.05, 4.69) is 5.32 Å². The molecule has 160 valence electrons. The summed E-state index contributed by atoms with van der Waals surface area (Å²) < 4.78 is 2.00. The standard InChI is InChI=1S/C25H22N4O3/c30-24(26-20-10-11-20)14-12-22-25(17-5-2-1-3-6-17)27-23-13-9-19(16-28(22)23)18-7-4-8-21(15-18)29(31)32/h1-9,13,15-16,20H,10-12,14H2,(H,26,30). The molecule has 7 heteroatoms. The van der Waals surface area contributed by atoms with Gasteiger partial charge in [0.15, 0.2) is 0 Å². The fourth-order valence-electron chi connectivity index (χ4n) is 3.89. The molecule has 0 saturated heterocycles. The SMILES string of the molecule is O=C(CCc1c(-c2ccccc2)nc2ccc(-c3cccc([N+](=O)[O-])c3)cn12)NC1CC1. The summed E-state index contributed by atoms with van der Waals surface area (Å²) in [5.74, 6) is 0.0521. The number of benzene rings is 2. The number of hydrogen-bond acceptors (Lipinski definition) is 4. The molecule has 0 bridgehead atoms. The van der Waals surface area contributed by atoms with Crippen LogP contribution in [-0.2, 0) is 11.2 Å². The largest absolute Gasteiger partial charge is 0.353 e. The molecule has 5 rings (SSSR count). The van der Waals surface area contributed by atoms with Crippen LogP contribution < -0.4 is 5.32 Å². The minimum absolute atomic E-state index is 0.0511. The lowest BCUT2D eigenvalue weighted by Gasteiger charge is -2.08. The highest BCUT2D eigenvalue weighted by Crippen LogP contribution is 2.29.